The maximum atomic E-state index is 14.7. The molecular formula is C22H26FN7O. The molecule has 1 aliphatic rings. The zero-order valence-electron chi connectivity index (χ0n) is 17.3. The van der Waals surface area contributed by atoms with Crippen molar-refractivity contribution >= 4 is 23.2 Å². The monoisotopic (exact) mass is 423 g/mol. The maximum absolute atomic E-state index is 14.7. The summed E-state index contributed by atoms with van der Waals surface area (Å²) in [5.41, 5.74) is 14.1. The van der Waals surface area contributed by atoms with E-state index in [0.717, 1.165) is 42.9 Å². The van der Waals surface area contributed by atoms with Gasteiger partial charge in [-0.05, 0) is 31.0 Å². The molecule has 6 N–H and O–H groups in total. The highest BCUT2D eigenvalue weighted by atomic mass is 19.1. The average Bonchev–Trinajstić information content (AvgIpc) is 3.18. The van der Waals surface area contributed by atoms with Crippen LogP contribution >= 0.6 is 0 Å². The van der Waals surface area contributed by atoms with Gasteiger partial charge in [0.1, 0.15) is 5.82 Å². The van der Waals surface area contributed by atoms with E-state index in [-0.39, 0.29) is 29.3 Å². The molecule has 0 bridgehead atoms. The maximum Gasteiger partial charge on any atom is 0.252 e. The molecule has 1 amide bonds. The van der Waals surface area contributed by atoms with Crippen molar-refractivity contribution in [2.24, 2.45) is 18.5 Å². The number of hydrogen-bond donors (Lipinski definition) is 4. The Labute approximate surface area is 179 Å². The minimum Gasteiger partial charge on any atom is -0.365 e. The molecule has 1 aliphatic carbocycles. The molecule has 4 rings (SSSR count). The first-order chi connectivity index (χ1) is 14.9. The number of anilines is 3. The largest absolute Gasteiger partial charge is 0.365 e. The van der Waals surface area contributed by atoms with Crippen LogP contribution < -0.4 is 22.1 Å². The highest BCUT2D eigenvalue weighted by Crippen LogP contribution is 2.28. The van der Waals surface area contributed by atoms with Crippen LogP contribution in [0, 0.1) is 5.82 Å². The fraction of sp³-hybridized carbons (Fsp3) is 0.318. The second-order valence-electron chi connectivity index (χ2n) is 7.93. The molecule has 3 aromatic rings. The van der Waals surface area contributed by atoms with Crippen molar-refractivity contribution < 1.29 is 9.18 Å². The smallest absolute Gasteiger partial charge is 0.252 e. The number of nitrogens with one attached hydrogen (secondary N) is 2. The molecule has 2 unspecified atom stereocenters. The molecule has 0 saturated heterocycles. The molecule has 2 atom stereocenters. The lowest BCUT2D eigenvalue weighted by Crippen LogP contribution is -2.43. The van der Waals surface area contributed by atoms with Gasteiger partial charge in [-0.15, -0.1) is 0 Å². The van der Waals surface area contributed by atoms with Gasteiger partial charge in [-0.2, -0.15) is 0 Å². The van der Waals surface area contributed by atoms with Gasteiger partial charge in [0.2, 0.25) is 0 Å². The molecule has 162 valence electrons. The van der Waals surface area contributed by atoms with Gasteiger partial charge in [0.15, 0.2) is 11.6 Å². The lowest BCUT2D eigenvalue weighted by Gasteiger charge is -2.30. The van der Waals surface area contributed by atoms with Crippen molar-refractivity contribution in [1.29, 1.82) is 0 Å². The van der Waals surface area contributed by atoms with Crippen molar-refractivity contribution in [3.63, 3.8) is 0 Å². The first-order valence-corrected chi connectivity index (χ1v) is 10.3. The molecule has 3 heterocycles. The molecule has 0 radical (unpaired) electrons. The third kappa shape index (κ3) is 4.66. The summed E-state index contributed by atoms with van der Waals surface area (Å²) in [5, 5.41) is 6.18. The van der Waals surface area contributed by atoms with E-state index in [2.05, 4.69) is 20.6 Å². The van der Waals surface area contributed by atoms with E-state index in [1.165, 1.54) is 0 Å². The first kappa shape index (κ1) is 20.8. The predicted molar refractivity (Wildman–Crippen MR) is 118 cm³/mol. The van der Waals surface area contributed by atoms with E-state index >= 15 is 0 Å². The minimum atomic E-state index is -0.776. The van der Waals surface area contributed by atoms with Crippen LogP contribution in [0.25, 0.3) is 11.1 Å². The molecular weight excluding hydrogens is 397 g/mol. The minimum absolute atomic E-state index is 0.0406. The summed E-state index contributed by atoms with van der Waals surface area (Å²) in [6, 6.07) is 4.80. The predicted octanol–water partition coefficient (Wildman–Crippen LogP) is 3.15. The van der Waals surface area contributed by atoms with Crippen molar-refractivity contribution in [3.8, 4) is 11.1 Å². The highest BCUT2D eigenvalue weighted by molar-refractivity contribution is 5.98. The second-order valence-corrected chi connectivity index (χ2v) is 7.93. The van der Waals surface area contributed by atoms with Gasteiger partial charge in [-0.25, -0.2) is 9.37 Å². The first-order valence-electron chi connectivity index (χ1n) is 10.3. The number of halogens is 1. The summed E-state index contributed by atoms with van der Waals surface area (Å²) >= 11 is 0. The summed E-state index contributed by atoms with van der Waals surface area (Å²) in [4.78, 5) is 20.5. The van der Waals surface area contributed by atoms with E-state index in [0.29, 0.717) is 5.69 Å². The van der Waals surface area contributed by atoms with Gasteiger partial charge in [-0.1, -0.05) is 12.8 Å². The summed E-state index contributed by atoms with van der Waals surface area (Å²) < 4.78 is 16.6. The number of pyridine rings is 2. The van der Waals surface area contributed by atoms with Crippen molar-refractivity contribution in [2.45, 2.75) is 37.8 Å². The van der Waals surface area contributed by atoms with Crippen LogP contribution in [0.2, 0.25) is 0 Å². The fourth-order valence-corrected chi connectivity index (χ4v) is 3.86. The van der Waals surface area contributed by atoms with Crippen LogP contribution in [0.15, 0.2) is 43.0 Å². The number of carbonyl (C=O) groups excluding carboxylic acids is 1. The van der Waals surface area contributed by atoms with Gasteiger partial charge in [0.25, 0.3) is 5.91 Å². The molecule has 9 heteroatoms. The Morgan fingerprint density at radius 1 is 1.19 bits per heavy atom. The molecule has 3 aromatic heterocycles. The van der Waals surface area contributed by atoms with Crippen LogP contribution in [0.5, 0.6) is 0 Å². The number of hydrogen-bond acceptors (Lipinski definition) is 6. The number of rotatable bonds is 6. The molecule has 31 heavy (non-hydrogen) atoms. The Kier molecular flexibility index (Phi) is 5.85. The molecule has 0 aromatic carbocycles. The summed E-state index contributed by atoms with van der Waals surface area (Å²) in [6.07, 6.45) is 11.1. The summed E-state index contributed by atoms with van der Waals surface area (Å²) in [7, 11) is 1.94. The zero-order valence-corrected chi connectivity index (χ0v) is 17.3. The Balaban J connectivity index is 1.64. The number of primary amides is 1. The Morgan fingerprint density at radius 3 is 2.71 bits per heavy atom. The van der Waals surface area contributed by atoms with Crippen LogP contribution in [0.4, 0.5) is 21.7 Å². The second kappa shape index (κ2) is 8.73. The van der Waals surface area contributed by atoms with Gasteiger partial charge in [0, 0.05) is 48.8 Å². The average molecular weight is 423 g/mol. The lowest BCUT2D eigenvalue weighted by atomic mass is 9.91. The van der Waals surface area contributed by atoms with E-state index in [4.69, 9.17) is 11.5 Å². The van der Waals surface area contributed by atoms with Crippen LogP contribution in [0.3, 0.4) is 0 Å². The number of aryl methyl sites for hydroxylation is 1. The Hall–Kier alpha value is -3.46. The van der Waals surface area contributed by atoms with Crippen molar-refractivity contribution in [3.05, 3.63) is 54.4 Å². The van der Waals surface area contributed by atoms with Gasteiger partial charge < -0.3 is 26.7 Å². The summed E-state index contributed by atoms with van der Waals surface area (Å²) in [5.74, 6) is -1.22. The van der Waals surface area contributed by atoms with Crippen LogP contribution in [-0.2, 0) is 7.05 Å². The number of nitrogens with zero attached hydrogens (tertiary/aromatic N) is 3. The Morgan fingerprint density at radius 2 is 2.00 bits per heavy atom. The van der Waals surface area contributed by atoms with Gasteiger partial charge in [-0.3, -0.25) is 9.78 Å². The van der Waals surface area contributed by atoms with Crippen LogP contribution in [-0.4, -0.2) is 32.5 Å². The standard InChI is InChI=1S/C22H26FN7O/c1-30-7-6-13(12-30)14-8-15(11-26-10-14)27-21-16(20(25)31)9-17(23)22(29-21)28-19-5-3-2-4-18(19)24/h6-12,18-19H,2-5,24H2,1H3,(H2,25,31)(H2,27,28,29). The van der Waals surface area contributed by atoms with E-state index in [1.54, 1.807) is 12.4 Å². The normalized spacial score (nSPS) is 18.5. The SMILES string of the molecule is Cn1ccc(-c2cncc(Nc3nc(NC4CCCCC4N)c(F)cc3C(N)=O)c2)c1. The molecule has 0 spiro atoms. The number of aromatic nitrogens is 3. The number of amides is 1. The fourth-order valence-electron chi connectivity index (χ4n) is 3.86. The van der Waals surface area contributed by atoms with Gasteiger partial charge in [0.05, 0.1) is 17.4 Å². The highest BCUT2D eigenvalue weighted by Gasteiger charge is 2.24. The van der Waals surface area contributed by atoms with E-state index in [1.807, 2.05) is 36.1 Å². The quantitative estimate of drug-likeness (QED) is 0.483. The zero-order chi connectivity index (χ0) is 22.0. The van der Waals surface area contributed by atoms with Crippen molar-refractivity contribution in [2.75, 3.05) is 10.6 Å². The van der Waals surface area contributed by atoms with Crippen LogP contribution in [0.1, 0.15) is 36.0 Å². The van der Waals surface area contributed by atoms with Gasteiger partial charge >= 0.3 is 0 Å². The third-order valence-corrected chi connectivity index (χ3v) is 5.55. The number of carbonyl (C=O) groups is 1. The summed E-state index contributed by atoms with van der Waals surface area (Å²) in [6.45, 7) is 0. The topological polar surface area (TPSA) is 124 Å². The lowest BCUT2D eigenvalue weighted by molar-refractivity contribution is 0.100. The van der Waals surface area contributed by atoms with Crippen molar-refractivity contribution in [1.82, 2.24) is 14.5 Å². The molecule has 0 aliphatic heterocycles. The molecule has 8 nitrogen and oxygen atoms in total. The third-order valence-electron chi connectivity index (χ3n) is 5.55. The molecule has 1 fully saturated rings. The van der Waals surface area contributed by atoms with E-state index < -0.39 is 11.7 Å². The molecule has 1 saturated carbocycles. The Bertz CT molecular complexity index is 1100. The van der Waals surface area contributed by atoms with E-state index in [9.17, 15) is 9.18 Å². The number of nitrogens with two attached hydrogens (primary N) is 2.